The van der Waals surface area contributed by atoms with Crippen LogP contribution in [0.5, 0.6) is 0 Å². The van der Waals surface area contributed by atoms with E-state index >= 15 is 0 Å². The molecule has 4 nitrogen and oxygen atoms in total. The van der Waals surface area contributed by atoms with E-state index in [1.54, 1.807) is 11.5 Å². The van der Waals surface area contributed by atoms with Gasteiger partial charge in [-0.1, -0.05) is 0 Å². The van der Waals surface area contributed by atoms with Gasteiger partial charge in [0.2, 0.25) is 0 Å². The summed E-state index contributed by atoms with van der Waals surface area (Å²) in [7, 11) is 0. The fourth-order valence-corrected chi connectivity index (χ4v) is 1.93. The van der Waals surface area contributed by atoms with E-state index in [-0.39, 0.29) is 23.7 Å². The van der Waals surface area contributed by atoms with Gasteiger partial charge in [0.05, 0.1) is 23.9 Å². The average Bonchev–Trinajstić information content (AvgIpc) is 2.70. The quantitative estimate of drug-likeness (QED) is 0.743. The maximum absolute atomic E-state index is 12.5. The van der Waals surface area contributed by atoms with Gasteiger partial charge in [-0.3, -0.25) is 5.41 Å². The highest BCUT2D eigenvalue weighted by Crippen LogP contribution is 2.34. The molecule has 1 aromatic heterocycles. The number of nitrogens with two attached hydrogens (primary N) is 1. The van der Waals surface area contributed by atoms with E-state index in [4.69, 9.17) is 11.1 Å². The van der Waals surface area contributed by atoms with Crippen molar-refractivity contribution in [2.75, 3.05) is 0 Å². The third-order valence-corrected chi connectivity index (χ3v) is 2.83. The van der Waals surface area contributed by atoms with Crippen LogP contribution in [0.25, 0.3) is 5.70 Å². The molecule has 2 rings (SSSR count). The largest absolute Gasteiger partial charge is 0.433 e. The Bertz CT molecular complexity index is 498. The molecular weight excluding hydrogens is 233 g/mol. The Balaban J connectivity index is 2.50. The van der Waals surface area contributed by atoms with Gasteiger partial charge in [0.15, 0.2) is 0 Å². The van der Waals surface area contributed by atoms with Gasteiger partial charge in [-0.2, -0.15) is 13.2 Å². The van der Waals surface area contributed by atoms with Gasteiger partial charge < -0.3 is 10.3 Å². The number of aromatic nitrogens is 2. The number of imidazole rings is 1. The lowest BCUT2D eigenvalue weighted by atomic mass is 9.95. The molecule has 2 heterocycles. The zero-order valence-corrected chi connectivity index (χ0v) is 9.04. The first kappa shape index (κ1) is 11.7. The first-order chi connectivity index (χ1) is 7.82. The zero-order valence-electron chi connectivity index (χ0n) is 9.04. The smallest absolute Gasteiger partial charge is 0.397 e. The van der Waals surface area contributed by atoms with Crippen molar-refractivity contribution in [1.29, 1.82) is 5.41 Å². The number of alkyl halides is 3. The van der Waals surface area contributed by atoms with Gasteiger partial charge >= 0.3 is 6.18 Å². The summed E-state index contributed by atoms with van der Waals surface area (Å²) >= 11 is 0. The molecule has 0 saturated heterocycles. The summed E-state index contributed by atoms with van der Waals surface area (Å²) in [5.41, 5.74) is 4.58. The van der Waals surface area contributed by atoms with E-state index < -0.39 is 11.9 Å². The molecule has 1 unspecified atom stereocenters. The Morgan fingerprint density at radius 3 is 2.82 bits per heavy atom. The molecule has 3 N–H and O–H groups in total. The van der Waals surface area contributed by atoms with Crippen LogP contribution in [0.4, 0.5) is 13.2 Å². The molecule has 7 heteroatoms. The minimum atomic E-state index is -4.66. The van der Waals surface area contributed by atoms with E-state index in [0.29, 0.717) is 5.69 Å². The van der Waals surface area contributed by atoms with Crippen molar-refractivity contribution < 1.29 is 13.2 Å². The summed E-state index contributed by atoms with van der Waals surface area (Å²) in [4.78, 5) is 3.86. The van der Waals surface area contributed by atoms with Crippen LogP contribution < -0.4 is 5.73 Å². The van der Waals surface area contributed by atoms with E-state index in [0.717, 1.165) is 0 Å². The fourth-order valence-electron chi connectivity index (χ4n) is 1.93. The molecule has 1 aliphatic heterocycles. The van der Waals surface area contributed by atoms with Crippen molar-refractivity contribution in [3.05, 3.63) is 23.8 Å². The molecule has 1 aliphatic rings. The summed E-state index contributed by atoms with van der Waals surface area (Å²) in [5, 5.41) is 7.16. The molecule has 92 valence electrons. The van der Waals surface area contributed by atoms with Gasteiger partial charge in [-0.25, -0.2) is 4.98 Å². The second-order valence-electron chi connectivity index (χ2n) is 4.00. The highest BCUT2D eigenvalue weighted by Gasteiger charge is 2.39. The molecule has 0 aromatic carbocycles. The van der Waals surface area contributed by atoms with Crippen molar-refractivity contribution in [2.24, 2.45) is 5.73 Å². The number of nitrogens with zero attached hydrogens (tertiary/aromatic N) is 2. The first-order valence-electron chi connectivity index (χ1n) is 4.99. The number of nitrogens with one attached hydrogen (secondary N) is 1. The van der Waals surface area contributed by atoms with E-state index in [9.17, 15) is 13.2 Å². The Morgan fingerprint density at radius 1 is 1.59 bits per heavy atom. The standard InChI is InChI=1S/C10H11F3N4/c1-5-2-6(9(15)10(11,12)13)8(14)7-3-16-4-17(5)7/h3-5,15H,2,14H2,1H3. The summed E-state index contributed by atoms with van der Waals surface area (Å²) < 4.78 is 39.2. The number of hydrogen-bond donors (Lipinski definition) is 2. The molecule has 1 atom stereocenters. The average molecular weight is 244 g/mol. The Kier molecular flexibility index (Phi) is 2.48. The summed E-state index contributed by atoms with van der Waals surface area (Å²) in [5.74, 6) is 0. The number of halogens is 3. The zero-order chi connectivity index (χ0) is 12.8. The maximum Gasteiger partial charge on any atom is 0.433 e. The van der Waals surface area contributed by atoms with Crippen LogP contribution in [0, 0.1) is 5.41 Å². The maximum atomic E-state index is 12.5. The lowest BCUT2D eigenvalue weighted by Crippen LogP contribution is -2.30. The van der Waals surface area contributed by atoms with Crippen molar-refractivity contribution in [3.8, 4) is 0 Å². The predicted molar refractivity (Wildman–Crippen MR) is 56.4 cm³/mol. The Morgan fingerprint density at radius 2 is 2.24 bits per heavy atom. The third kappa shape index (κ3) is 1.81. The second-order valence-corrected chi connectivity index (χ2v) is 4.00. The highest BCUT2D eigenvalue weighted by atomic mass is 19.4. The minimum absolute atomic E-state index is 0.0112. The summed E-state index contributed by atoms with van der Waals surface area (Å²) in [6.45, 7) is 1.77. The number of allylic oxidation sites excluding steroid dienone is 1. The van der Waals surface area contributed by atoms with E-state index in [1.807, 2.05) is 0 Å². The van der Waals surface area contributed by atoms with Gasteiger partial charge in [0, 0.05) is 11.6 Å². The predicted octanol–water partition coefficient (Wildman–Crippen LogP) is 2.10. The Hall–Kier alpha value is -1.79. The third-order valence-electron chi connectivity index (χ3n) is 2.83. The summed E-state index contributed by atoms with van der Waals surface area (Å²) in [6.07, 6.45) is -1.63. The molecule has 0 spiro atoms. The SMILES string of the molecule is CC1CC(C(=N)C(F)(F)F)=C(N)c2cncn21. The van der Waals surface area contributed by atoms with Crippen LogP contribution in [0.1, 0.15) is 25.1 Å². The van der Waals surface area contributed by atoms with Crippen molar-refractivity contribution >= 4 is 11.4 Å². The number of fused-ring (bicyclic) bond motifs is 1. The normalized spacial score (nSPS) is 20.4. The number of hydrogen-bond acceptors (Lipinski definition) is 3. The van der Waals surface area contributed by atoms with Crippen LogP contribution >= 0.6 is 0 Å². The fraction of sp³-hybridized carbons (Fsp3) is 0.400. The molecule has 0 fully saturated rings. The molecule has 0 saturated carbocycles. The molecule has 0 radical (unpaired) electrons. The molecule has 0 amide bonds. The summed E-state index contributed by atoms with van der Waals surface area (Å²) in [6, 6.07) is -0.183. The van der Waals surface area contributed by atoms with Crippen molar-refractivity contribution in [2.45, 2.75) is 25.6 Å². The van der Waals surface area contributed by atoms with Crippen LogP contribution in [0.15, 0.2) is 18.1 Å². The van der Waals surface area contributed by atoms with Crippen LogP contribution in [0.3, 0.4) is 0 Å². The molecule has 0 bridgehead atoms. The van der Waals surface area contributed by atoms with Crippen LogP contribution in [-0.2, 0) is 0 Å². The van der Waals surface area contributed by atoms with Gasteiger partial charge in [0.25, 0.3) is 0 Å². The second kappa shape index (κ2) is 3.61. The molecule has 0 aliphatic carbocycles. The van der Waals surface area contributed by atoms with Gasteiger partial charge in [-0.15, -0.1) is 0 Å². The molecule has 1 aromatic rings. The topological polar surface area (TPSA) is 67.7 Å². The molecule has 17 heavy (non-hydrogen) atoms. The molecular formula is C10H11F3N4. The van der Waals surface area contributed by atoms with E-state index in [1.165, 1.54) is 12.5 Å². The lowest BCUT2D eigenvalue weighted by Gasteiger charge is -2.26. The van der Waals surface area contributed by atoms with Gasteiger partial charge in [0.1, 0.15) is 5.71 Å². The highest BCUT2D eigenvalue weighted by molar-refractivity contribution is 6.07. The van der Waals surface area contributed by atoms with E-state index in [2.05, 4.69) is 4.98 Å². The van der Waals surface area contributed by atoms with Crippen molar-refractivity contribution in [1.82, 2.24) is 9.55 Å². The Labute approximate surface area is 95.5 Å². The minimum Gasteiger partial charge on any atom is -0.397 e. The first-order valence-corrected chi connectivity index (χ1v) is 4.99. The van der Waals surface area contributed by atoms with Crippen molar-refractivity contribution in [3.63, 3.8) is 0 Å². The lowest BCUT2D eigenvalue weighted by molar-refractivity contribution is -0.0591. The van der Waals surface area contributed by atoms with Crippen LogP contribution in [0.2, 0.25) is 0 Å². The number of rotatable bonds is 1. The van der Waals surface area contributed by atoms with Gasteiger partial charge in [-0.05, 0) is 13.3 Å². The monoisotopic (exact) mass is 244 g/mol. The van der Waals surface area contributed by atoms with Crippen LogP contribution in [-0.4, -0.2) is 21.4 Å².